The molecule has 0 aliphatic heterocycles. The summed E-state index contributed by atoms with van der Waals surface area (Å²) >= 11 is 5.40. The van der Waals surface area contributed by atoms with Crippen LogP contribution in [-0.2, 0) is 0 Å². The van der Waals surface area contributed by atoms with Gasteiger partial charge in [-0.3, -0.25) is 0 Å². The molecule has 0 aliphatic rings. The SMILES string of the molecule is CCN=C=NCCCCl. The van der Waals surface area contributed by atoms with Crippen molar-refractivity contribution < 1.29 is 0 Å². The molecule has 0 unspecified atom stereocenters. The first kappa shape index (κ1) is 8.67. The minimum absolute atomic E-state index is 0.664. The number of halogens is 1. The zero-order valence-corrected chi connectivity index (χ0v) is 6.36. The number of rotatable bonds is 4. The predicted molar refractivity (Wildman–Crippen MR) is 40.6 cm³/mol. The van der Waals surface area contributed by atoms with E-state index in [1.54, 1.807) is 0 Å². The lowest BCUT2D eigenvalue weighted by Gasteiger charge is -1.81. The Kier molecular flexibility index (Phi) is 7.39. The molecule has 0 rings (SSSR count). The highest BCUT2D eigenvalue weighted by molar-refractivity contribution is 6.17. The Morgan fingerprint density at radius 2 is 2.22 bits per heavy atom. The van der Waals surface area contributed by atoms with E-state index >= 15 is 0 Å². The average molecular weight is 147 g/mol. The zero-order chi connectivity index (χ0) is 6.95. The van der Waals surface area contributed by atoms with Gasteiger partial charge in [0.05, 0.1) is 12.6 Å². The lowest BCUT2D eigenvalue weighted by atomic mass is 10.5. The third kappa shape index (κ3) is 7.67. The molecular formula is C6H11ClN2. The van der Waals surface area contributed by atoms with Crippen LogP contribution in [0.25, 0.3) is 0 Å². The maximum atomic E-state index is 5.40. The molecule has 0 radical (unpaired) electrons. The van der Waals surface area contributed by atoms with Crippen LogP contribution in [0.3, 0.4) is 0 Å². The normalized spacial score (nSPS) is 8.22. The van der Waals surface area contributed by atoms with Crippen LogP contribution in [-0.4, -0.2) is 25.0 Å². The monoisotopic (exact) mass is 146 g/mol. The molecule has 0 fully saturated rings. The molecule has 0 aromatic carbocycles. The molecule has 0 N–H and O–H groups in total. The zero-order valence-electron chi connectivity index (χ0n) is 5.60. The van der Waals surface area contributed by atoms with Crippen LogP contribution < -0.4 is 0 Å². The van der Waals surface area contributed by atoms with Crippen molar-refractivity contribution in [3.63, 3.8) is 0 Å². The molecule has 0 amide bonds. The minimum atomic E-state index is 0.664. The van der Waals surface area contributed by atoms with Gasteiger partial charge in [-0.2, -0.15) is 0 Å². The van der Waals surface area contributed by atoms with Gasteiger partial charge in [0.15, 0.2) is 0 Å². The van der Waals surface area contributed by atoms with Crippen LogP contribution in [0.4, 0.5) is 0 Å². The molecule has 2 nitrogen and oxygen atoms in total. The number of aliphatic imine (C=N–C) groups is 2. The van der Waals surface area contributed by atoms with Gasteiger partial charge < -0.3 is 0 Å². The van der Waals surface area contributed by atoms with Crippen molar-refractivity contribution in [2.24, 2.45) is 9.98 Å². The number of hydrogen-bond acceptors (Lipinski definition) is 2. The van der Waals surface area contributed by atoms with Gasteiger partial charge in [0.1, 0.15) is 0 Å². The summed E-state index contributed by atoms with van der Waals surface area (Å²) in [6.07, 6.45) is 0.911. The van der Waals surface area contributed by atoms with Crippen molar-refractivity contribution in [3.05, 3.63) is 0 Å². The first-order valence-electron chi connectivity index (χ1n) is 3.05. The van der Waals surface area contributed by atoms with Gasteiger partial charge in [-0.25, -0.2) is 9.98 Å². The minimum Gasteiger partial charge on any atom is -0.226 e. The van der Waals surface area contributed by atoms with E-state index in [1.807, 2.05) is 6.92 Å². The topological polar surface area (TPSA) is 24.7 Å². The van der Waals surface area contributed by atoms with Gasteiger partial charge in [-0.15, -0.1) is 11.6 Å². The molecule has 0 aromatic heterocycles. The Morgan fingerprint density at radius 3 is 2.78 bits per heavy atom. The first-order chi connectivity index (χ1) is 4.41. The molecule has 0 spiro atoms. The first-order valence-corrected chi connectivity index (χ1v) is 3.59. The molecule has 0 aliphatic carbocycles. The van der Waals surface area contributed by atoms with Crippen LogP contribution in [0, 0.1) is 0 Å². The van der Waals surface area contributed by atoms with E-state index in [1.165, 1.54) is 0 Å². The number of alkyl halides is 1. The molecule has 0 aromatic rings. The second-order valence-electron chi connectivity index (χ2n) is 1.50. The molecule has 3 heteroatoms. The molecule has 52 valence electrons. The highest BCUT2D eigenvalue weighted by Crippen LogP contribution is 1.82. The summed E-state index contributed by atoms with van der Waals surface area (Å²) in [6.45, 7) is 3.45. The molecule has 0 atom stereocenters. The van der Waals surface area contributed by atoms with E-state index in [-0.39, 0.29) is 0 Å². The van der Waals surface area contributed by atoms with Crippen molar-refractivity contribution in [2.75, 3.05) is 19.0 Å². The maximum Gasteiger partial charge on any atom is 0.0892 e. The Labute approximate surface area is 60.7 Å². The van der Waals surface area contributed by atoms with Gasteiger partial charge in [0, 0.05) is 12.4 Å². The summed E-state index contributed by atoms with van der Waals surface area (Å²) < 4.78 is 0. The standard InChI is InChI=1S/C6H11ClN2/c1-2-8-6-9-5-3-4-7/h2-5H2,1H3. The fourth-order valence-electron chi connectivity index (χ4n) is 0.310. The van der Waals surface area contributed by atoms with Gasteiger partial charge in [-0.05, 0) is 13.3 Å². The van der Waals surface area contributed by atoms with Gasteiger partial charge >= 0.3 is 0 Å². The third-order valence-corrected chi connectivity index (χ3v) is 0.970. The van der Waals surface area contributed by atoms with Gasteiger partial charge in [-0.1, -0.05) is 0 Å². The van der Waals surface area contributed by atoms with Crippen molar-refractivity contribution in [1.29, 1.82) is 0 Å². The van der Waals surface area contributed by atoms with E-state index in [0.717, 1.165) is 19.5 Å². The Bertz CT molecular complexity index is 106. The van der Waals surface area contributed by atoms with Crippen molar-refractivity contribution in [3.8, 4) is 0 Å². The fraction of sp³-hybridized carbons (Fsp3) is 0.833. The molecule has 9 heavy (non-hydrogen) atoms. The third-order valence-electron chi connectivity index (χ3n) is 0.703. The summed E-state index contributed by atoms with van der Waals surface area (Å²) in [5, 5.41) is 0. The Balaban J connectivity index is 3.13. The van der Waals surface area contributed by atoms with E-state index in [2.05, 4.69) is 16.0 Å². The Hall–Kier alpha value is -0.330. The van der Waals surface area contributed by atoms with Crippen LogP contribution in [0.5, 0.6) is 0 Å². The van der Waals surface area contributed by atoms with Crippen LogP contribution in [0.2, 0.25) is 0 Å². The van der Waals surface area contributed by atoms with Crippen LogP contribution in [0.15, 0.2) is 9.98 Å². The van der Waals surface area contributed by atoms with E-state index in [4.69, 9.17) is 11.6 Å². The quantitative estimate of drug-likeness (QED) is 0.328. The summed E-state index contributed by atoms with van der Waals surface area (Å²) in [5.74, 6) is 0.664. The maximum absolute atomic E-state index is 5.40. The van der Waals surface area contributed by atoms with Crippen LogP contribution in [0.1, 0.15) is 13.3 Å². The van der Waals surface area contributed by atoms with Gasteiger partial charge in [0.25, 0.3) is 0 Å². The lowest BCUT2D eigenvalue weighted by molar-refractivity contribution is 0.941. The van der Waals surface area contributed by atoms with E-state index in [0.29, 0.717) is 5.88 Å². The second kappa shape index (κ2) is 7.67. The smallest absolute Gasteiger partial charge is 0.0892 e. The Morgan fingerprint density at radius 1 is 1.44 bits per heavy atom. The molecule has 0 bridgehead atoms. The fourth-order valence-corrected chi connectivity index (χ4v) is 0.429. The number of hydrogen-bond donors (Lipinski definition) is 0. The lowest BCUT2D eigenvalue weighted by Crippen LogP contribution is -1.79. The highest BCUT2D eigenvalue weighted by atomic mass is 35.5. The summed E-state index contributed by atoms with van der Waals surface area (Å²) in [5.41, 5.74) is 0. The highest BCUT2D eigenvalue weighted by Gasteiger charge is 1.76. The van der Waals surface area contributed by atoms with Crippen molar-refractivity contribution in [1.82, 2.24) is 0 Å². The molecule has 0 saturated carbocycles. The van der Waals surface area contributed by atoms with Crippen molar-refractivity contribution in [2.45, 2.75) is 13.3 Å². The van der Waals surface area contributed by atoms with Gasteiger partial charge in [0.2, 0.25) is 0 Å². The van der Waals surface area contributed by atoms with Crippen LogP contribution >= 0.6 is 11.6 Å². The molecule has 0 saturated heterocycles. The predicted octanol–water partition coefficient (Wildman–Crippen LogP) is 1.81. The summed E-state index contributed by atoms with van der Waals surface area (Å²) in [6, 6.07) is 2.56. The summed E-state index contributed by atoms with van der Waals surface area (Å²) in [4.78, 5) is 7.63. The van der Waals surface area contributed by atoms with Crippen molar-refractivity contribution >= 4 is 17.6 Å². The largest absolute Gasteiger partial charge is 0.226 e. The van der Waals surface area contributed by atoms with E-state index in [9.17, 15) is 0 Å². The molecular weight excluding hydrogens is 136 g/mol. The molecule has 0 heterocycles. The van der Waals surface area contributed by atoms with E-state index < -0.39 is 0 Å². The average Bonchev–Trinajstić information content (AvgIpc) is 1.89. The number of nitrogens with zero attached hydrogens (tertiary/aromatic N) is 2. The second-order valence-corrected chi connectivity index (χ2v) is 1.88. The summed E-state index contributed by atoms with van der Waals surface area (Å²) in [7, 11) is 0.